The number of amides is 1. The van der Waals surface area contributed by atoms with Crippen LogP contribution in [0.15, 0.2) is 24.3 Å². The number of benzene rings is 1. The second-order valence-corrected chi connectivity index (χ2v) is 6.25. The normalized spacial score (nSPS) is 22.4. The van der Waals surface area contributed by atoms with Crippen LogP contribution in [-0.4, -0.2) is 28.6 Å². The van der Waals surface area contributed by atoms with E-state index >= 15 is 0 Å². The second kappa shape index (κ2) is 6.08. The minimum absolute atomic E-state index is 0.109. The van der Waals surface area contributed by atoms with Gasteiger partial charge in [0.2, 0.25) is 0 Å². The SMILES string of the molecule is O=C(NCC1CCCC(O)C1)c1cc2ccc(Cl)cc2[nH]1. The van der Waals surface area contributed by atoms with Crippen LogP contribution in [-0.2, 0) is 0 Å². The summed E-state index contributed by atoms with van der Waals surface area (Å²) in [5.41, 5.74) is 1.41. The number of aliphatic hydroxyl groups is 1. The number of halogens is 1. The van der Waals surface area contributed by atoms with E-state index in [4.69, 9.17) is 11.6 Å². The summed E-state index contributed by atoms with van der Waals surface area (Å²) < 4.78 is 0. The Hall–Kier alpha value is -1.52. The Labute approximate surface area is 128 Å². The van der Waals surface area contributed by atoms with Crippen molar-refractivity contribution < 1.29 is 9.90 Å². The molecule has 1 fully saturated rings. The van der Waals surface area contributed by atoms with Crippen LogP contribution >= 0.6 is 11.6 Å². The number of H-pyrrole nitrogens is 1. The number of fused-ring (bicyclic) bond motifs is 1. The third-order valence-electron chi connectivity index (χ3n) is 4.14. The van der Waals surface area contributed by atoms with Gasteiger partial charge in [0.1, 0.15) is 5.69 Å². The smallest absolute Gasteiger partial charge is 0.267 e. The quantitative estimate of drug-likeness (QED) is 0.816. The van der Waals surface area contributed by atoms with Gasteiger partial charge in [-0.1, -0.05) is 24.1 Å². The van der Waals surface area contributed by atoms with E-state index in [-0.39, 0.29) is 12.0 Å². The maximum atomic E-state index is 12.2. The molecule has 2 aromatic rings. The standard InChI is InChI=1S/C16H19ClN2O2/c17-12-5-4-11-7-15(19-14(11)8-12)16(21)18-9-10-2-1-3-13(20)6-10/h4-5,7-8,10,13,19-20H,1-3,6,9H2,(H,18,21). The summed E-state index contributed by atoms with van der Waals surface area (Å²) in [5, 5.41) is 14.2. The molecule has 0 bridgehead atoms. The molecular formula is C16H19ClN2O2. The van der Waals surface area contributed by atoms with Crippen LogP contribution in [0.4, 0.5) is 0 Å². The fourth-order valence-corrected chi connectivity index (χ4v) is 3.17. The zero-order chi connectivity index (χ0) is 14.8. The van der Waals surface area contributed by atoms with E-state index in [1.807, 2.05) is 24.3 Å². The van der Waals surface area contributed by atoms with Crippen molar-refractivity contribution in [3.8, 4) is 0 Å². The Balaban J connectivity index is 1.63. The van der Waals surface area contributed by atoms with Crippen LogP contribution in [0, 0.1) is 5.92 Å². The van der Waals surface area contributed by atoms with Gasteiger partial charge in [0.15, 0.2) is 0 Å². The van der Waals surface area contributed by atoms with E-state index in [0.29, 0.717) is 23.2 Å². The van der Waals surface area contributed by atoms with Crippen molar-refractivity contribution in [3.63, 3.8) is 0 Å². The van der Waals surface area contributed by atoms with Crippen LogP contribution in [0.5, 0.6) is 0 Å². The van der Waals surface area contributed by atoms with Crippen LogP contribution in [0.3, 0.4) is 0 Å². The molecule has 1 aromatic carbocycles. The van der Waals surface area contributed by atoms with Gasteiger partial charge >= 0.3 is 0 Å². The van der Waals surface area contributed by atoms with E-state index in [0.717, 1.165) is 36.6 Å². The van der Waals surface area contributed by atoms with Crippen molar-refractivity contribution in [3.05, 3.63) is 35.0 Å². The molecule has 5 heteroatoms. The summed E-state index contributed by atoms with van der Waals surface area (Å²) in [4.78, 5) is 15.3. The zero-order valence-electron chi connectivity index (χ0n) is 11.7. The predicted octanol–water partition coefficient (Wildman–Crippen LogP) is 3.10. The molecule has 0 aliphatic heterocycles. The number of aromatic amines is 1. The lowest BCUT2D eigenvalue weighted by atomic mass is 9.87. The molecule has 0 radical (unpaired) electrons. The monoisotopic (exact) mass is 306 g/mol. The number of carbonyl (C=O) groups excluding carboxylic acids is 1. The molecular weight excluding hydrogens is 288 g/mol. The summed E-state index contributed by atoms with van der Waals surface area (Å²) in [6, 6.07) is 7.34. The molecule has 1 aromatic heterocycles. The van der Waals surface area contributed by atoms with Gasteiger partial charge in [0.25, 0.3) is 5.91 Å². The molecule has 1 heterocycles. The van der Waals surface area contributed by atoms with Gasteiger partial charge in [-0.2, -0.15) is 0 Å². The third-order valence-corrected chi connectivity index (χ3v) is 4.37. The van der Waals surface area contributed by atoms with Gasteiger partial charge in [-0.3, -0.25) is 4.79 Å². The maximum absolute atomic E-state index is 12.2. The number of nitrogens with one attached hydrogen (secondary N) is 2. The van der Waals surface area contributed by atoms with Crippen LogP contribution in [0.2, 0.25) is 5.02 Å². The average Bonchev–Trinajstić information content (AvgIpc) is 2.88. The molecule has 2 unspecified atom stereocenters. The van der Waals surface area contributed by atoms with Crippen molar-refractivity contribution in [2.24, 2.45) is 5.92 Å². The predicted molar refractivity (Wildman–Crippen MR) is 83.6 cm³/mol. The summed E-state index contributed by atoms with van der Waals surface area (Å²) in [6.07, 6.45) is 3.55. The number of hydrogen-bond acceptors (Lipinski definition) is 2. The van der Waals surface area contributed by atoms with Gasteiger partial charge in [-0.15, -0.1) is 0 Å². The molecule has 0 saturated heterocycles. The van der Waals surface area contributed by atoms with E-state index < -0.39 is 0 Å². The maximum Gasteiger partial charge on any atom is 0.267 e. The molecule has 112 valence electrons. The minimum atomic E-state index is -0.212. The molecule has 4 nitrogen and oxygen atoms in total. The van der Waals surface area contributed by atoms with Gasteiger partial charge in [0, 0.05) is 22.5 Å². The first kappa shape index (κ1) is 14.4. The number of aromatic nitrogens is 1. The summed E-state index contributed by atoms with van der Waals surface area (Å²) >= 11 is 5.94. The lowest BCUT2D eigenvalue weighted by Gasteiger charge is -2.25. The van der Waals surface area contributed by atoms with Crippen molar-refractivity contribution in [2.45, 2.75) is 31.8 Å². The van der Waals surface area contributed by atoms with Gasteiger partial charge in [-0.05, 0) is 43.4 Å². The first-order valence-corrected chi connectivity index (χ1v) is 7.74. The van der Waals surface area contributed by atoms with Crippen molar-refractivity contribution in [2.75, 3.05) is 6.54 Å². The van der Waals surface area contributed by atoms with Crippen LogP contribution < -0.4 is 5.32 Å². The van der Waals surface area contributed by atoms with Crippen molar-refractivity contribution >= 4 is 28.4 Å². The van der Waals surface area contributed by atoms with Gasteiger partial charge in [0.05, 0.1) is 6.10 Å². The lowest BCUT2D eigenvalue weighted by Crippen LogP contribution is -2.33. The van der Waals surface area contributed by atoms with Crippen molar-refractivity contribution in [1.29, 1.82) is 0 Å². The van der Waals surface area contributed by atoms with Gasteiger partial charge in [-0.25, -0.2) is 0 Å². The summed E-state index contributed by atoms with van der Waals surface area (Å²) in [5.74, 6) is 0.263. The molecule has 0 spiro atoms. The topological polar surface area (TPSA) is 65.1 Å². The Morgan fingerprint density at radius 2 is 2.24 bits per heavy atom. The first-order chi connectivity index (χ1) is 10.1. The summed E-state index contributed by atoms with van der Waals surface area (Å²) in [7, 11) is 0. The highest BCUT2D eigenvalue weighted by atomic mass is 35.5. The largest absolute Gasteiger partial charge is 0.393 e. The molecule has 3 rings (SSSR count). The Bertz CT molecular complexity index is 653. The fraction of sp³-hybridized carbons (Fsp3) is 0.438. The van der Waals surface area contributed by atoms with Crippen molar-refractivity contribution in [1.82, 2.24) is 10.3 Å². The molecule has 1 aliphatic rings. The minimum Gasteiger partial charge on any atom is -0.393 e. The molecule has 3 N–H and O–H groups in total. The zero-order valence-corrected chi connectivity index (χ0v) is 12.5. The number of hydrogen-bond donors (Lipinski definition) is 3. The van der Waals surface area contributed by atoms with E-state index in [2.05, 4.69) is 10.3 Å². The second-order valence-electron chi connectivity index (χ2n) is 5.81. The van der Waals surface area contributed by atoms with Crippen LogP contribution in [0.25, 0.3) is 10.9 Å². The lowest BCUT2D eigenvalue weighted by molar-refractivity contribution is 0.0871. The molecule has 21 heavy (non-hydrogen) atoms. The van der Waals surface area contributed by atoms with E-state index in [1.165, 1.54) is 0 Å². The Morgan fingerprint density at radius 3 is 3.05 bits per heavy atom. The number of rotatable bonds is 3. The Morgan fingerprint density at radius 1 is 1.38 bits per heavy atom. The van der Waals surface area contributed by atoms with E-state index in [9.17, 15) is 9.90 Å². The highest BCUT2D eigenvalue weighted by molar-refractivity contribution is 6.31. The molecule has 2 atom stereocenters. The molecule has 1 amide bonds. The van der Waals surface area contributed by atoms with E-state index in [1.54, 1.807) is 0 Å². The molecule has 1 saturated carbocycles. The summed E-state index contributed by atoms with van der Waals surface area (Å²) in [6.45, 7) is 0.617. The Kier molecular flexibility index (Phi) is 4.17. The fourth-order valence-electron chi connectivity index (χ4n) is 3.00. The highest BCUT2D eigenvalue weighted by Crippen LogP contribution is 2.24. The first-order valence-electron chi connectivity index (χ1n) is 7.36. The van der Waals surface area contributed by atoms with Crippen LogP contribution in [0.1, 0.15) is 36.2 Å². The molecule has 1 aliphatic carbocycles. The number of carbonyl (C=O) groups is 1. The average molecular weight is 307 g/mol. The third kappa shape index (κ3) is 3.39. The van der Waals surface area contributed by atoms with Gasteiger partial charge < -0.3 is 15.4 Å². The number of aliphatic hydroxyl groups excluding tert-OH is 1. The highest BCUT2D eigenvalue weighted by Gasteiger charge is 2.21.